The van der Waals surface area contributed by atoms with E-state index in [9.17, 15) is 0 Å². The van der Waals surface area contributed by atoms with Crippen LogP contribution in [0.1, 0.15) is 11.4 Å². The van der Waals surface area contributed by atoms with E-state index in [4.69, 9.17) is 16.3 Å². The van der Waals surface area contributed by atoms with Crippen LogP contribution in [0.15, 0.2) is 42.5 Å². The Kier molecular flexibility index (Phi) is 4.08. The summed E-state index contributed by atoms with van der Waals surface area (Å²) in [5.74, 6) is 1.78. The number of imidazole rings is 1. The van der Waals surface area contributed by atoms with Crippen LogP contribution in [0.5, 0.6) is 5.75 Å². The monoisotopic (exact) mass is 301 g/mol. The summed E-state index contributed by atoms with van der Waals surface area (Å²) in [6.45, 7) is 1.38. The van der Waals surface area contributed by atoms with Gasteiger partial charge in [0.1, 0.15) is 11.6 Å². The van der Waals surface area contributed by atoms with Crippen molar-refractivity contribution in [1.29, 1.82) is 0 Å². The normalized spacial score (nSPS) is 11.0. The Bertz CT molecular complexity index is 754. The number of nitrogens with zero attached hydrogens (tertiary/aromatic N) is 1. The lowest BCUT2D eigenvalue weighted by Gasteiger charge is -2.08. The van der Waals surface area contributed by atoms with E-state index in [1.54, 1.807) is 7.11 Å². The summed E-state index contributed by atoms with van der Waals surface area (Å²) in [4.78, 5) is 7.78. The Morgan fingerprint density at radius 1 is 1.19 bits per heavy atom. The van der Waals surface area contributed by atoms with Gasteiger partial charge in [-0.15, -0.1) is 0 Å². The minimum Gasteiger partial charge on any atom is -0.496 e. The Hall–Kier alpha value is -2.04. The molecule has 0 amide bonds. The average molecular weight is 302 g/mol. The van der Waals surface area contributed by atoms with Gasteiger partial charge < -0.3 is 15.0 Å². The first kappa shape index (κ1) is 13.9. The van der Waals surface area contributed by atoms with Gasteiger partial charge in [-0.25, -0.2) is 4.98 Å². The highest BCUT2D eigenvalue weighted by Gasteiger charge is 2.04. The van der Waals surface area contributed by atoms with Gasteiger partial charge >= 0.3 is 0 Å². The number of ether oxygens (including phenoxy) is 1. The summed E-state index contributed by atoms with van der Waals surface area (Å²) in [5, 5.41) is 4.07. The molecule has 3 rings (SSSR count). The Balaban J connectivity index is 1.66. The molecule has 2 aromatic carbocycles. The number of aromatic nitrogens is 2. The van der Waals surface area contributed by atoms with E-state index in [2.05, 4.69) is 15.3 Å². The fourth-order valence-corrected chi connectivity index (χ4v) is 2.46. The summed E-state index contributed by atoms with van der Waals surface area (Å²) in [7, 11) is 1.68. The molecule has 0 aliphatic heterocycles. The summed E-state index contributed by atoms with van der Waals surface area (Å²) in [6.07, 6.45) is 0. The first-order valence-corrected chi connectivity index (χ1v) is 7.11. The molecule has 3 aromatic rings. The Morgan fingerprint density at radius 3 is 2.90 bits per heavy atom. The molecule has 21 heavy (non-hydrogen) atoms. The number of hydrogen-bond donors (Lipinski definition) is 2. The third kappa shape index (κ3) is 3.17. The first-order chi connectivity index (χ1) is 10.3. The molecule has 1 heterocycles. The molecule has 0 fully saturated rings. The fourth-order valence-electron chi connectivity index (χ4n) is 2.28. The number of rotatable bonds is 5. The second-order valence-corrected chi connectivity index (χ2v) is 5.20. The van der Waals surface area contributed by atoms with Crippen LogP contribution in [-0.4, -0.2) is 17.1 Å². The molecule has 5 heteroatoms. The predicted molar refractivity (Wildman–Crippen MR) is 84.6 cm³/mol. The molecule has 1 aromatic heterocycles. The standard InChI is InChI=1S/C16H16ClN3O/c1-21-15-5-3-2-4-11(15)9-18-10-16-19-13-7-6-12(17)8-14(13)20-16/h2-8,18H,9-10H2,1H3,(H,19,20). The van der Waals surface area contributed by atoms with E-state index in [0.717, 1.165) is 34.7 Å². The number of nitrogens with one attached hydrogen (secondary N) is 2. The number of halogens is 1. The maximum absolute atomic E-state index is 5.97. The molecule has 108 valence electrons. The van der Waals surface area contributed by atoms with Crippen LogP contribution in [0.25, 0.3) is 11.0 Å². The Morgan fingerprint density at radius 2 is 2.05 bits per heavy atom. The molecular formula is C16H16ClN3O. The van der Waals surface area contributed by atoms with Gasteiger partial charge in [-0.1, -0.05) is 29.8 Å². The SMILES string of the molecule is COc1ccccc1CNCc1nc2ccc(Cl)cc2[nH]1. The first-order valence-electron chi connectivity index (χ1n) is 6.73. The lowest BCUT2D eigenvalue weighted by atomic mass is 10.2. The van der Waals surface area contributed by atoms with Crippen LogP contribution in [0.2, 0.25) is 5.02 Å². The van der Waals surface area contributed by atoms with Gasteiger partial charge in [-0.2, -0.15) is 0 Å². The number of aromatic amines is 1. The fraction of sp³-hybridized carbons (Fsp3) is 0.188. The van der Waals surface area contributed by atoms with E-state index in [0.29, 0.717) is 11.6 Å². The quantitative estimate of drug-likeness (QED) is 0.758. The molecule has 2 N–H and O–H groups in total. The van der Waals surface area contributed by atoms with Gasteiger partial charge in [-0.05, 0) is 24.3 Å². The van der Waals surface area contributed by atoms with Crippen molar-refractivity contribution in [2.45, 2.75) is 13.1 Å². The second kappa shape index (κ2) is 6.16. The summed E-state index contributed by atoms with van der Waals surface area (Å²) >= 11 is 5.97. The molecule has 0 unspecified atom stereocenters. The van der Waals surface area contributed by atoms with Gasteiger partial charge in [0.05, 0.1) is 24.7 Å². The van der Waals surface area contributed by atoms with E-state index < -0.39 is 0 Å². The van der Waals surface area contributed by atoms with Gasteiger partial charge in [0.2, 0.25) is 0 Å². The van der Waals surface area contributed by atoms with Crippen LogP contribution < -0.4 is 10.1 Å². The lowest BCUT2D eigenvalue weighted by Crippen LogP contribution is -2.14. The number of hydrogen-bond acceptors (Lipinski definition) is 3. The van der Waals surface area contributed by atoms with E-state index in [1.165, 1.54) is 0 Å². The number of benzene rings is 2. The van der Waals surface area contributed by atoms with Crippen molar-refractivity contribution < 1.29 is 4.74 Å². The predicted octanol–water partition coefficient (Wildman–Crippen LogP) is 3.51. The summed E-state index contributed by atoms with van der Waals surface area (Å²) < 4.78 is 5.33. The second-order valence-electron chi connectivity index (χ2n) is 4.76. The van der Waals surface area contributed by atoms with Crippen LogP contribution >= 0.6 is 11.6 Å². The third-order valence-corrected chi connectivity index (χ3v) is 3.53. The zero-order chi connectivity index (χ0) is 14.7. The molecule has 0 radical (unpaired) electrons. The Labute approximate surface area is 128 Å². The highest BCUT2D eigenvalue weighted by atomic mass is 35.5. The number of fused-ring (bicyclic) bond motifs is 1. The van der Waals surface area contributed by atoms with Crippen LogP contribution in [0, 0.1) is 0 Å². The largest absolute Gasteiger partial charge is 0.496 e. The van der Waals surface area contributed by atoms with Crippen molar-refractivity contribution in [1.82, 2.24) is 15.3 Å². The summed E-state index contributed by atoms with van der Waals surface area (Å²) in [5.41, 5.74) is 3.00. The topological polar surface area (TPSA) is 49.9 Å². The zero-order valence-electron chi connectivity index (χ0n) is 11.7. The van der Waals surface area contributed by atoms with Crippen LogP contribution in [0.4, 0.5) is 0 Å². The van der Waals surface area contributed by atoms with Crippen molar-refractivity contribution >= 4 is 22.6 Å². The minimum atomic E-state index is 0.657. The highest BCUT2D eigenvalue weighted by molar-refractivity contribution is 6.31. The van der Waals surface area contributed by atoms with E-state index in [1.807, 2.05) is 42.5 Å². The number of methoxy groups -OCH3 is 1. The maximum atomic E-state index is 5.97. The molecule has 4 nitrogen and oxygen atoms in total. The van der Waals surface area contributed by atoms with Crippen LogP contribution in [-0.2, 0) is 13.1 Å². The maximum Gasteiger partial charge on any atom is 0.123 e. The molecule has 0 aliphatic rings. The number of H-pyrrole nitrogens is 1. The van der Waals surface area contributed by atoms with Gasteiger partial charge in [0.15, 0.2) is 0 Å². The summed E-state index contributed by atoms with van der Waals surface area (Å²) in [6, 6.07) is 13.6. The van der Waals surface area contributed by atoms with Crippen molar-refractivity contribution in [3.63, 3.8) is 0 Å². The van der Waals surface area contributed by atoms with E-state index >= 15 is 0 Å². The van der Waals surface area contributed by atoms with Crippen LogP contribution in [0.3, 0.4) is 0 Å². The molecule has 0 aliphatic carbocycles. The van der Waals surface area contributed by atoms with Gasteiger partial charge in [-0.3, -0.25) is 0 Å². The van der Waals surface area contributed by atoms with Gasteiger partial charge in [0.25, 0.3) is 0 Å². The van der Waals surface area contributed by atoms with Crippen molar-refractivity contribution in [2.24, 2.45) is 0 Å². The molecular weight excluding hydrogens is 286 g/mol. The molecule has 0 bridgehead atoms. The highest BCUT2D eigenvalue weighted by Crippen LogP contribution is 2.18. The smallest absolute Gasteiger partial charge is 0.123 e. The average Bonchev–Trinajstić information content (AvgIpc) is 2.89. The number of para-hydroxylation sites is 1. The van der Waals surface area contributed by atoms with Gasteiger partial charge in [0, 0.05) is 17.1 Å². The van der Waals surface area contributed by atoms with E-state index in [-0.39, 0.29) is 0 Å². The molecule has 0 atom stereocenters. The third-order valence-electron chi connectivity index (χ3n) is 3.29. The minimum absolute atomic E-state index is 0.657. The molecule has 0 saturated carbocycles. The van der Waals surface area contributed by atoms with Crippen molar-refractivity contribution in [3.05, 3.63) is 58.9 Å². The van der Waals surface area contributed by atoms with Crippen molar-refractivity contribution in [2.75, 3.05) is 7.11 Å². The van der Waals surface area contributed by atoms with Crippen molar-refractivity contribution in [3.8, 4) is 5.75 Å². The lowest BCUT2D eigenvalue weighted by molar-refractivity contribution is 0.407. The zero-order valence-corrected chi connectivity index (χ0v) is 12.4. The molecule has 0 saturated heterocycles. The molecule has 0 spiro atoms.